The van der Waals surface area contributed by atoms with Gasteiger partial charge in [-0.15, -0.1) is 40.2 Å². The molecule has 0 radical (unpaired) electrons. The maximum atomic E-state index is 10.1. The van der Waals surface area contributed by atoms with Gasteiger partial charge in [-0.1, -0.05) is 66.0 Å². The Hall–Kier alpha value is 1.67. The molecule has 0 aromatic heterocycles. The van der Waals surface area contributed by atoms with E-state index in [2.05, 4.69) is 52.4 Å². The van der Waals surface area contributed by atoms with Crippen LogP contribution < -0.4 is 0 Å². The summed E-state index contributed by atoms with van der Waals surface area (Å²) in [5.41, 5.74) is 1.44. The first-order valence-corrected chi connectivity index (χ1v) is 13.4. The number of carbonyl (C=O) groups excluding carboxylic acids is 2. The van der Waals surface area contributed by atoms with Crippen LogP contribution in [-0.2, 0) is 24.6 Å². The van der Waals surface area contributed by atoms with Crippen LogP contribution in [0, 0.1) is 0 Å². The Morgan fingerprint density at radius 2 is 1.13 bits per heavy atom. The first-order chi connectivity index (χ1) is 15.8. The van der Waals surface area contributed by atoms with E-state index in [0.29, 0.717) is 12.3 Å². The van der Waals surface area contributed by atoms with Crippen LogP contribution in [0.15, 0.2) is 11.6 Å². The van der Waals surface area contributed by atoms with Gasteiger partial charge in [-0.05, 0) is 53.9 Å². The van der Waals surface area contributed by atoms with Crippen LogP contribution in [0.3, 0.4) is 0 Å². The van der Waals surface area contributed by atoms with Gasteiger partial charge in [-0.2, -0.15) is 0 Å². The third kappa shape index (κ3) is 229. The molecule has 0 atom stereocenters. The normalized spacial score (nSPS) is 7.44. The van der Waals surface area contributed by atoms with Gasteiger partial charge in [0.05, 0.1) is 6.10 Å². The number of allylic oxidation sites excluding steroid dienone is 2. The van der Waals surface area contributed by atoms with Crippen molar-refractivity contribution in [2.24, 2.45) is 0 Å². The molecule has 242 valence electrons. The Balaban J connectivity index is -0.00000000994. The Kier molecular flexibility index (Phi) is 167. The molecule has 0 heterocycles. The number of ketones is 1. The second-order valence-electron chi connectivity index (χ2n) is 7.01. The molecule has 0 rings (SSSR count). The van der Waals surface area contributed by atoms with Crippen LogP contribution >= 0.6 is 40.2 Å². The van der Waals surface area contributed by atoms with Crippen LogP contribution in [0.2, 0.25) is 0 Å². The summed E-state index contributed by atoms with van der Waals surface area (Å²) in [5, 5.41) is 7.42. The van der Waals surface area contributed by atoms with Crippen molar-refractivity contribution < 1.29 is 41.1 Å². The number of carboxylic acid groups (broad SMARTS) is 1. The van der Waals surface area contributed by atoms with E-state index in [4.69, 9.17) is 33.1 Å². The minimum atomic E-state index is -0.833. The molecular weight excluding hydrogens is 644 g/mol. The number of esters is 1. The largest absolute Gasteiger partial charge is 2.00 e. The summed E-state index contributed by atoms with van der Waals surface area (Å²) in [7, 11) is 0. The van der Waals surface area contributed by atoms with E-state index in [0.717, 1.165) is 32.1 Å². The molecule has 0 aliphatic rings. The van der Waals surface area contributed by atoms with Gasteiger partial charge in [-0.3, -0.25) is 9.59 Å². The van der Waals surface area contributed by atoms with Gasteiger partial charge in [0, 0.05) is 34.9 Å². The maximum absolute atomic E-state index is 10.1. The number of hydrogen-bond acceptors (Lipinski definition) is 4. The molecule has 0 aromatic rings. The number of rotatable bonds is 7. The van der Waals surface area contributed by atoms with Gasteiger partial charge in [0.15, 0.2) is 0 Å². The third-order valence-corrected chi connectivity index (χ3v) is 2.80. The SMILES string of the molecule is Br.C/C=C(\C)CCCCl.CC.CC(=O)CCCCl.CC(=O)O.CC(=O)OC(C)C.CCC.CCC.[2HH].[H-].[H-].[H-].[H-].[H-].[H-].[HH].[Mg+2].[Mg+2].[Mg+2].[OH3+]. The number of hydrogen-bond donors (Lipinski definition) is 1. The molecule has 0 fully saturated rings. The van der Waals surface area contributed by atoms with E-state index in [1.165, 1.54) is 25.3 Å². The molecule has 0 saturated carbocycles. The van der Waals surface area contributed by atoms with E-state index in [1.807, 2.05) is 27.7 Å². The number of ether oxygens (including phenoxy) is 1. The standard InChI is InChI=1S/C7H13Cl.C5H9ClO.C5H10O2.2C3H8.C2H4O2.C2H6.BrH.3Mg.H2O.2H2.6H/c1-3-7(2)5-4-6-8;1-5(7)3-2-4-6;1-4(2)7-5(3)6;2*1-3-2;1-2(3)4;1-2;;;;;;;;;;;;;/h3H,4-6H2,1-2H3;2-4H2,1H3;4H,1-3H3;2*3H2,1-2H3;1H3,(H,3,4);1-2H3;1H;;;;1H2;2*1H;;;;;;/q;;;;;;;;3*+2;;;;6*-1/p+1/b7-3+;;;;;;;;;;;;;;;;;;;/i;;;;;;;;;;;;1+1;;;;;;;. The number of Topliss-reactive ketones (excluding diaryl/α,β-unsaturated/α-hetero) is 1. The zero-order chi connectivity index (χ0) is 29.0. The molecule has 6 nitrogen and oxygen atoms in total. The van der Waals surface area contributed by atoms with Gasteiger partial charge in [-0.25, -0.2) is 0 Å². The fourth-order valence-electron chi connectivity index (χ4n) is 1.14. The van der Waals surface area contributed by atoms with Crippen molar-refractivity contribution in [3.05, 3.63) is 11.6 Å². The topological polar surface area (TPSA) is 114 Å². The van der Waals surface area contributed by atoms with E-state index in [-0.39, 0.29) is 121 Å². The minimum Gasteiger partial charge on any atom is -1.00 e. The molecule has 0 aliphatic heterocycles. The number of aliphatic carboxylic acids is 1. The van der Waals surface area contributed by atoms with Gasteiger partial charge in [0.25, 0.3) is 5.97 Å². The summed E-state index contributed by atoms with van der Waals surface area (Å²) in [4.78, 5) is 29.2. The molecule has 0 spiro atoms. The summed E-state index contributed by atoms with van der Waals surface area (Å²) < 4.78 is 4.61. The Labute approximate surface area is 323 Å². The number of alkyl halides is 2. The van der Waals surface area contributed by atoms with E-state index >= 15 is 0 Å². The zero-order valence-corrected chi connectivity index (χ0v) is 35.2. The van der Waals surface area contributed by atoms with Gasteiger partial charge in [0.2, 0.25) is 0 Å². The molecule has 39 heavy (non-hydrogen) atoms. The van der Waals surface area contributed by atoms with Gasteiger partial charge < -0.3 is 28.7 Å². The van der Waals surface area contributed by atoms with Crippen molar-refractivity contribution in [2.75, 3.05) is 11.8 Å². The molecule has 0 aromatic carbocycles. The third-order valence-electron chi connectivity index (χ3n) is 2.26. The van der Waals surface area contributed by atoms with Gasteiger partial charge >= 0.3 is 75.1 Å². The van der Waals surface area contributed by atoms with Crippen molar-refractivity contribution >= 4 is 127 Å². The number of carbonyl (C=O) groups is 3. The molecule has 4 N–H and O–H groups in total. The smallest absolute Gasteiger partial charge is 1.00 e. The number of halogens is 3. The summed E-state index contributed by atoms with van der Waals surface area (Å²) in [6, 6.07) is 0. The quantitative estimate of drug-likeness (QED) is 0.0928. The van der Waals surface area contributed by atoms with E-state index in [9.17, 15) is 9.59 Å². The maximum Gasteiger partial charge on any atom is 2.00 e. The van der Waals surface area contributed by atoms with Crippen LogP contribution in [0.1, 0.15) is 140 Å². The summed E-state index contributed by atoms with van der Waals surface area (Å²) >= 11 is 10.8. The van der Waals surface area contributed by atoms with Crippen molar-refractivity contribution in [3.8, 4) is 0 Å². The van der Waals surface area contributed by atoms with Crippen molar-refractivity contribution in [1.82, 2.24) is 0 Å². The van der Waals surface area contributed by atoms with Crippen molar-refractivity contribution in [3.63, 3.8) is 0 Å². The number of carboxylic acids is 1. The second-order valence-corrected chi connectivity index (χ2v) is 7.77. The van der Waals surface area contributed by atoms with E-state index in [1.54, 1.807) is 6.92 Å². The Morgan fingerprint density at radius 1 is 0.872 bits per heavy atom. The van der Waals surface area contributed by atoms with Crippen LogP contribution in [0.25, 0.3) is 0 Å². The second kappa shape index (κ2) is 83.4. The first-order valence-electron chi connectivity index (χ1n) is 12.4. The molecule has 0 bridgehead atoms. The fourth-order valence-corrected chi connectivity index (χ4v) is 1.40. The van der Waals surface area contributed by atoms with Gasteiger partial charge in [0.1, 0.15) is 5.78 Å². The minimum absolute atomic E-state index is 0. The molecule has 0 unspecified atom stereocenters. The Bertz CT molecular complexity index is 459. The Morgan fingerprint density at radius 3 is 1.23 bits per heavy atom. The van der Waals surface area contributed by atoms with Crippen LogP contribution in [0.5, 0.6) is 0 Å². The van der Waals surface area contributed by atoms with E-state index < -0.39 is 5.97 Å². The average Bonchev–Trinajstić information content (AvgIpc) is 2.72. The van der Waals surface area contributed by atoms with Crippen molar-refractivity contribution in [2.45, 2.75) is 135 Å². The zero-order valence-electron chi connectivity index (χ0n) is 33.8. The molecule has 12 heteroatoms. The van der Waals surface area contributed by atoms with Crippen LogP contribution in [0.4, 0.5) is 0 Å². The predicted octanol–water partition coefficient (Wildman–Crippen LogP) is 9.15. The first kappa shape index (κ1) is 77.9. The average molecular weight is 718 g/mol. The van der Waals surface area contributed by atoms with Crippen molar-refractivity contribution in [1.29, 1.82) is 0 Å². The summed E-state index contributed by atoms with van der Waals surface area (Å²) in [6.45, 7) is 24.4. The molecule has 0 saturated heterocycles. The molecule has 0 aliphatic carbocycles. The predicted molar refractivity (Wildman–Crippen MR) is 197 cm³/mol. The molecule has 0 amide bonds. The monoisotopic (exact) mass is 714 g/mol. The summed E-state index contributed by atoms with van der Waals surface area (Å²) in [6.07, 6.45) is 8.36. The molecular formula is C27H72BrCl2Mg3O6+. The summed E-state index contributed by atoms with van der Waals surface area (Å²) in [5.74, 6) is 0.556. The fraction of sp³-hybridized carbons (Fsp3) is 0.815. The van der Waals surface area contributed by atoms with Crippen LogP contribution in [-0.4, -0.2) is 110 Å².